The summed E-state index contributed by atoms with van der Waals surface area (Å²) in [5.74, 6) is -2.77. The molecule has 1 aliphatic carbocycles. The highest BCUT2D eigenvalue weighted by molar-refractivity contribution is 5.16. The van der Waals surface area contributed by atoms with Crippen LogP contribution in [0.1, 0.15) is 18.4 Å². The molecule has 1 aromatic carbocycles. The number of hydrogen-bond donors (Lipinski definition) is 1. The lowest BCUT2D eigenvalue weighted by atomic mass is 9.88. The molecule has 0 radical (unpaired) electrons. The first-order chi connectivity index (χ1) is 7.05. The zero-order valence-corrected chi connectivity index (χ0v) is 8.14. The average molecular weight is 215 g/mol. The van der Waals surface area contributed by atoms with Crippen molar-refractivity contribution in [1.82, 2.24) is 5.32 Å². The van der Waals surface area contributed by atoms with Crippen molar-refractivity contribution >= 4 is 0 Å². The van der Waals surface area contributed by atoms with Gasteiger partial charge in [0.05, 0.1) is 0 Å². The van der Waals surface area contributed by atoms with Crippen LogP contribution in [0.4, 0.5) is 13.2 Å². The van der Waals surface area contributed by atoms with Gasteiger partial charge in [0.1, 0.15) is 5.82 Å². The zero-order chi connectivity index (χ0) is 10.9. The molecule has 15 heavy (non-hydrogen) atoms. The summed E-state index contributed by atoms with van der Waals surface area (Å²) in [4.78, 5) is 0. The van der Waals surface area contributed by atoms with E-state index >= 15 is 0 Å². The smallest absolute Gasteiger partial charge is 0.251 e. The van der Waals surface area contributed by atoms with Gasteiger partial charge in [0, 0.05) is 25.4 Å². The van der Waals surface area contributed by atoms with E-state index in [1.54, 1.807) is 12.1 Å². The van der Waals surface area contributed by atoms with Crippen molar-refractivity contribution in [2.45, 2.75) is 31.4 Å². The Balaban J connectivity index is 1.77. The van der Waals surface area contributed by atoms with Gasteiger partial charge in [0.25, 0.3) is 5.92 Å². The maximum absolute atomic E-state index is 12.5. The number of benzene rings is 1. The van der Waals surface area contributed by atoms with E-state index in [0.717, 1.165) is 5.56 Å². The topological polar surface area (TPSA) is 12.0 Å². The van der Waals surface area contributed by atoms with E-state index in [9.17, 15) is 13.2 Å². The quantitative estimate of drug-likeness (QED) is 0.817. The average Bonchev–Trinajstić information content (AvgIpc) is 2.14. The third-order valence-corrected chi connectivity index (χ3v) is 2.60. The Morgan fingerprint density at radius 1 is 1.20 bits per heavy atom. The predicted molar refractivity (Wildman–Crippen MR) is 51.2 cm³/mol. The lowest BCUT2D eigenvalue weighted by Crippen LogP contribution is -2.48. The molecule has 0 unspecified atom stereocenters. The highest BCUT2D eigenvalue weighted by atomic mass is 19.3. The number of rotatable bonds is 3. The van der Waals surface area contributed by atoms with Gasteiger partial charge in [-0.2, -0.15) is 0 Å². The van der Waals surface area contributed by atoms with Crippen molar-refractivity contribution in [1.29, 1.82) is 0 Å². The summed E-state index contributed by atoms with van der Waals surface area (Å²) in [6, 6.07) is 5.93. The zero-order valence-electron chi connectivity index (χ0n) is 8.14. The van der Waals surface area contributed by atoms with E-state index in [1.165, 1.54) is 12.1 Å². The van der Waals surface area contributed by atoms with Gasteiger partial charge in [0.15, 0.2) is 0 Å². The molecule has 0 spiro atoms. The Bertz CT molecular complexity index is 326. The minimum atomic E-state index is -2.49. The molecule has 1 nitrogen and oxygen atoms in total. The Kier molecular flexibility index (Phi) is 2.69. The highest BCUT2D eigenvalue weighted by Gasteiger charge is 2.44. The van der Waals surface area contributed by atoms with Gasteiger partial charge in [-0.25, -0.2) is 13.2 Å². The van der Waals surface area contributed by atoms with Crippen molar-refractivity contribution in [3.8, 4) is 0 Å². The fourth-order valence-corrected chi connectivity index (χ4v) is 1.67. The monoisotopic (exact) mass is 215 g/mol. The summed E-state index contributed by atoms with van der Waals surface area (Å²) in [5, 5.41) is 3.01. The molecule has 0 saturated heterocycles. The molecule has 0 bridgehead atoms. The van der Waals surface area contributed by atoms with Crippen LogP contribution in [0.25, 0.3) is 0 Å². The summed E-state index contributed by atoms with van der Waals surface area (Å²) in [6.07, 6.45) is -0.178. The number of halogens is 3. The first-order valence-electron chi connectivity index (χ1n) is 4.91. The van der Waals surface area contributed by atoms with Crippen LogP contribution in [0.5, 0.6) is 0 Å². The number of hydrogen-bond acceptors (Lipinski definition) is 1. The van der Waals surface area contributed by atoms with Crippen molar-refractivity contribution in [3.05, 3.63) is 35.6 Å². The van der Waals surface area contributed by atoms with Gasteiger partial charge in [0.2, 0.25) is 0 Å². The predicted octanol–water partition coefficient (Wildman–Crippen LogP) is 2.71. The van der Waals surface area contributed by atoms with Crippen molar-refractivity contribution in [2.24, 2.45) is 0 Å². The first-order valence-corrected chi connectivity index (χ1v) is 4.91. The molecule has 1 aromatic rings. The minimum absolute atomic E-state index is 0.0891. The first kappa shape index (κ1) is 10.5. The van der Waals surface area contributed by atoms with Crippen LogP contribution in [-0.4, -0.2) is 12.0 Å². The van der Waals surface area contributed by atoms with E-state index < -0.39 is 5.92 Å². The fourth-order valence-electron chi connectivity index (χ4n) is 1.67. The lowest BCUT2D eigenvalue weighted by Gasteiger charge is -2.35. The molecule has 82 valence electrons. The van der Waals surface area contributed by atoms with Gasteiger partial charge in [-0.1, -0.05) is 12.1 Å². The van der Waals surface area contributed by atoms with E-state index in [1.807, 2.05) is 0 Å². The van der Waals surface area contributed by atoms with E-state index in [2.05, 4.69) is 5.32 Å². The number of alkyl halides is 2. The standard InChI is InChI=1S/C11H12F3N/c12-9-3-1-8(2-4-9)7-15-10-5-11(13,14)6-10/h1-4,10,15H,5-7H2. The maximum atomic E-state index is 12.5. The van der Waals surface area contributed by atoms with Crippen LogP contribution in [-0.2, 0) is 6.54 Å². The van der Waals surface area contributed by atoms with Crippen LogP contribution in [0, 0.1) is 5.82 Å². The SMILES string of the molecule is Fc1ccc(CNC2CC(F)(F)C2)cc1. The molecule has 2 rings (SSSR count). The Morgan fingerprint density at radius 3 is 2.33 bits per heavy atom. The largest absolute Gasteiger partial charge is 0.309 e. The lowest BCUT2D eigenvalue weighted by molar-refractivity contribution is -0.0930. The Hall–Kier alpha value is -1.03. The fraction of sp³-hybridized carbons (Fsp3) is 0.455. The van der Waals surface area contributed by atoms with Gasteiger partial charge in [-0.05, 0) is 17.7 Å². The second-order valence-electron chi connectivity index (χ2n) is 3.97. The molecule has 0 aliphatic heterocycles. The van der Waals surface area contributed by atoms with Crippen molar-refractivity contribution in [3.63, 3.8) is 0 Å². The maximum Gasteiger partial charge on any atom is 0.251 e. The van der Waals surface area contributed by atoms with Crippen LogP contribution < -0.4 is 5.32 Å². The Morgan fingerprint density at radius 2 is 1.80 bits per heavy atom. The summed E-state index contributed by atoms with van der Waals surface area (Å²) in [5.41, 5.74) is 0.909. The van der Waals surface area contributed by atoms with E-state index in [-0.39, 0.29) is 24.7 Å². The molecule has 1 N–H and O–H groups in total. The molecule has 1 saturated carbocycles. The molecule has 1 fully saturated rings. The summed E-state index contributed by atoms with van der Waals surface area (Å²) in [7, 11) is 0. The van der Waals surface area contributed by atoms with Gasteiger partial charge in [-0.15, -0.1) is 0 Å². The van der Waals surface area contributed by atoms with Crippen LogP contribution in [0.2, 0.25) is 0 Å². The number of nitrogens with one attached hydrogen (secondary N) is 1. The summed E-state index contributed by atoms with van der Waals surface area (Å²) >= 11 is 0. The third-order valence-electron chi connectivity index (χ3n) is 2.60. The third kappa shape index (κ3) is 2.72. The van der Waals surface area contributed by atoms with Gasteiger partial charge in [-0.3, -0.25) is 0 Å². The highest BCUT2D eigenvalue weighted by Crippen LogP contribution is 2.37. The molecular weight excluding hydrogens is 203 g/mol. The minimum Gasteiger partial charge on any atom is -0.309 e. The van der Waals surface area contributed by atoms with Crippen molar-refractivity contribution in [2.75, 3.05) is 0 Å². The van der Waals surface area contributed by atoms with Crippen LogP contribution in [0.3, 0.4) is 0 Å². The second kappa shape index (κ2) is 3.85. The van der Waals surface area contributed by atoms with Crippen LogP contribution >= 0.6 is 0 Å². The summed E-state index contributed by atoms with van der Waals surface area (Å²) < 4.78 is 37.5. The van der Waals surface area contributed by atoms with Crippen molar-refractivity contribution < 1.29 is 13.2 Å². The molecule has 1 aliphatic rings. The Labute approximate surface area is 86.3 Å². The molecule has 4 heteroatoms. The normalized spacial score (nSPS) is 19.9. The molecule has 0 atom stereocenters. The second-order valence-corrected chi connectivity index (χ2v) is 3.97. The van der Waals surface area contributed by atoms with Gasteiger partial charge < -0.3 is 5.32 Å². The molecule has 0 heterocycles. The molecular formula is C11H12F3N. The van der Waals surface area contributed by atoms with E-state index in [4.69, 9.17) is 0 Å². The summed E-state index contributed by atoms with van der Waals surface area (Å²) in [6.45, 7) is 0.515. The molecule has 0 amide bonds. The van der Waals surface area contributed by atoms with Crippen LogP contribution in [0.15, 0.2) is 24.3 Å². The van der Waals surface area contributed by atoms with Gasteiger partial charge >= 0.3 is 0 Å². The molecule has 0 aromatic heterocycles. The van der Waals surface area contributed by atoms with E-state index in [0.29, 0.717) is 6.54 Å².